The number of ether oxygens (including phenoxy) is 1. The molecule has 1 aromatic rings. The van der Waals surface area contributed by atoms with Gasteiger partial charge in [-0.3, -0.25) is 4.79 Å². The Morgan fingerprint density at radius 3 is 2.75 bits per heavy atom. The van der Waals surface area contributed by atoms with Gasteiger partial charge >= 0.3 is 12.2 Å². The first-order valence-corrected chi connectivity index (χ1v) is 9.25. The van der Waals surface area contributed by atoms with Crippen molar-refractivity contribution in [2.45, 2.75) is 45.5 Å². The van der Waals surface area contributed by atoms with Gasteiger partial charge in [0.05, 0.1) is 5.92 Å². The van der Waals surface area contributed by atoms with Crippen molar-refractivity contribution in [3.8, 4) is 5.75 Å². The first-order valence-electron chi connectivity index (χ1n) is 9.25. The van der Waals surface area contributed by atoms with Gasteiger partial charge in [0.15, 0.2) is 6.61 Å². The van der Waals surface area contributed by atoms with Gasteiger partial charge < -0.3 is 20.3 Å². The Morgan fingerprint density at radius 2 is 2.07 bits per heavy atom. The Kier molecular flexibility index (Phi) is 7.53. The summed E-state index contributed by atoms with van der Waals surface area (Å²) in [6.07, 6.45) is -2.98. The lowest BCUT2D eigenvalue weighted by Gasteiger charge is -2.32. The third kappa shape index (κ3) is 7.28. The molecule has 9 heteroatoms. The van der Waals surface area contributed by atoms with Crippen molar-refractivity contribution < 1.29 is 27.5 Å². The lowest BCUT2D eigenvalue weighted by atomic mass is 9.97. The minimum atomic E-state index is -4.40. The van der Waals surface area contributed by atoms with Gasteiger partial charge in [-0.05, 0) is 44.4 Å². The molecule has 1 aliphatic rings. The Balaban J connectivity index is 1.85. The molecule has 1 heterocycles. The number of rotatable bonds is 6. The second kappa shape index (κ2) is 9.66. The topological polar surface area (TPSA) is 70.7 Å². The molecule has 2 N–H and O–H groups in total. The van der Waals surface area contributed by atoms with Crippen LogP contribution in [0.15, 0.2) is 24.3 Å². The number of hydrogen-bond donors (Lipinski definition) is 2. The van der Waals surface area contributed by atoms with E-state index >= 15 is 0 Å². The maximum absolute atomic E-state index is 12.5. The summed E-state index contributed by atoms with van der Waals surface area (Å²) < 4.78 is 41.5. The average Bonchev–Trinajstić information content (AvgIpc) is 2.64. The lowest BCUT2D eigenvalue weighted by Crippen LogP contribution is -2.50. The molecule has 1 fully saturated rings. The zero-order valence-corrected chi connectivity index (χ0v) is 16.0. The molecule has 1 atom stereocenters. The van der Waals surface area contributed by atoms with Crippen LogP contribution in [-0.2, 0) is 11.3 Å². The van der Waals surface area contributed by atoms with E-state index in [4.69, 9.17) is 4.74 Å². The van der Waals surface area contributed by atoms with Crippen LogP contribution >= 0.6 is 0 Å². The molecule has 6 nitrogen and oxygen atoms in total. The van der Waals surface area contributed by atoms with E-state index in [9.17, 15) is 22.8 Å². The van der Waals surface area contributed by atoms with Crippen LogP contribution in [0.2, 0.25) is 0 Å². The maximum atomic E-state index is 12.5. The summed E-state index contributed by atoms with van der Waals surface area (Å²) in [6, 6.07) is 6.02. The van der Waals surface area contributed by atoms with Gasteiger partial charge in [-0.1, -0.05) is 12.1 Å². The Labute approximate surface area is 162 Å². The zero-order valence-electron chi connectivity index (χ0n) is 16.0. The maximum Gasteiger partial charge on any atom is 0.422 e. The summed E-state index contributed by atoms with van der Waals surface area (Å²) in [5.41, 5.74) is 0.637. The van der Waals surface area contributed by atoms with Gasteiger partial charge in [-0.2, -0.15) is 13.2 Å². The molecule has 0 unspecified atom stereocenters. The molecule has 0 radical (unpaired) electrons. The number of urea groups is 1. The predicted molar refractivity (Wildman–Crippen MR) is 97.8 cm³/mol. The third-order valence-electron chi connectivity index (χ3n) is 4.26. The highest BCUT2D eigenvalue weighted by atomic mass is 19.4. The van der Waals surface area contributed by atoms with E-state index in [1.807, 2.05) is 13.8 Å². The number of halogens is 3. The molecular formula is C19H26F3N3O3. The van der Waals surface area contributed by atoms with Gasteiger partial charge in [0.25, 0.3) is 0 Å². The normalized spacial score (nSPS) is 17.4. The van der Waals surface area contributed by atoms with E-state index in [1.165, 1.54) is 12.1 Å². The van der Waals surface area contributed by atoms with Gasteiger partial charge in [0.1, 0.15) is 5.75 Å². The van der Waals surface area contributed by atoms with Crippen molar-refractivity contribution >= 4 is 11.9 Å². The van der Waals surface area contributed by atoms with Crippen LogP contribution in [0.5, 0.6) is 5.75 Å². The lowest BCUT2D eigenvalue weighted by molar-refractivity contribution is -0.153. The summed E-state index contributed by atoms with van der Waals surface area (Å²) in [4.78, 5) is 26.2. The monoisotopic (exact) mass is 401 g/mol. The van der Waals surface area contributed by atoms with Crippen LogP contribution in [0.25, 0.3) is 0 Å². The molecule has 2 rings (SSSR count). The largest absolute Gasteiger partial charge is 0.484 e. The molecule has 28 heavy (non-hydrogen) atoms. The second-order valence-corrected chi connectivity index (χ2v) is 7.16. The molecule has 0 aliphatic carbocycles. The van der Waals surface area contributed by atoms with Crippen molar-refractivity contribution in [1.29, 1.82) is 0 Å². The molecule has 156 valence electrons. The molecule has 0 aromatic heterocycles. The molecule has 0 bridgehead atoms. The second-order valence-electron chi connectivity index (χ2n) is 7.16. The van der Waals surface area contributed by atoms with E-state index in [2.05, 4.69) is 10.6 Å². The van der Waals surface area contributed by atoms with Gasteiger partial charge in [-0.15, -0.1) is 0 Å². The van der Waals surface area contributed by atoms with Crippen molar-refractivity contribution in [2.24, 2.45) is 5.92 Å². The predicted octanol–water partition coefficient (Wildman–Crippen LogP) is 3.07. The van der Waals surface area contributed by atoms with E-state index in [-0.39, 0.29) is 36.2 Å². The fraction of sp³-hybridized carbons (Fsp3) is 0.579. The van der Waals surface area contributed by atoms with E-state index in [0.29, 0.717) is 25.1 Å². The summed E-state index contributed by atoms with van der Waals surface area (Å²) in [7, 11) is 0. The fourth-order valence-corrected chi connectivity index (χ4v) is 2.96. The fourth-order valence-electron chi connectivity index (χ4n) is 2.96. The third-order valence-corrected chi connectivity index (χ3v) is 4.26. The number of nitrogens with zero attached hydrogens (tertiary/aromatic N) is 1. The van der Waals surface area contributed by atoms with Crippen molar-refractivity contribution in [1.82, 2.24) is 15.5 Å². The molecule has 0 saturated carbocycles. The summed E-state index contributed by atoms with van der Waals surface area (Å²) in [6.45, 7) is 3.52. The summed E-state index contributed by atoms with van der Waals surface area (Å²) in [5.74, 6) is -0.391. The van der Waals surface area contributed by atoms with Crippen LogP contribution < -0.4 is 15.4 Å². The molecule has 0 spiro atoms. The van der Waals surface area contributed by atoms with E-state index in [1.54, 1.807) is 17.0 Å². The zero-order chi connectivity index (χ0) is 20.7. The number of nitrogens with one attached hydrogen (secondary N) is 2. The number of likely N-dealkylation sites (tertiary alicyclic amines) is 1. The first kappa shape index (κ1) is 21.8. The number of carbonyl (C=O) groups is 2. The van der Waals surface area contributed by atoms with Crippen LogP contribution in [0.3, 0.4) is 0 Å². The highest BCUT2D eigenvalue weighted by Gasteiger charge is 2.29. The number of alkyl halides is 3. The highest BCUT2D eigenvalue weighted by molar-refractivity contribution is 5.80. The number of benzene rings is 1. The van der Waals surface area contributed by atoms with Crippen molar-refractivity contribution in [3.63, 3.8) is 0 Å². The Hall–Kier alpha value is -2.45. The van der Waals surface area contributed by atoms with E-state index in [0.717, 1.165) is 6.42 Å². The minimum Gasteiger partial charge on any atom is -0.484 e. The summed E-state index contributed by atoms with van der Waals surface area (Å²) >= 11 is 0. The molecule has 3 amide bonds. The van der Waals surface area contributed by atoms with Gasteiger partial charge in [0, 0.05) is 25.7 Å². The molecule has 1 aromatic carbocycles. The Bertz CT molecular complexity index is 680. The average molecular weight is 401 g/mol. The van der Waals surface area contributed by atoms with Crippen LogP contribution in [-0.4, -0.2) is 48.8 Å². The van der Waals surface area contributed by atoms with Crippen molar-refractivity contribution in [2.75, 3.05) is 19.7 Å². The smallest absolute Gasteiger partial charge is 0.422 e. The van der Waals surface area contributed by atoms with Gasteiger partial charge in [-0.25, -0.2) is 4.79 Å². The molecule has 1 aliphatic heterocycles. The first-order chi connectivity index (χ1) is 13.1. The van der Waals surface area contributed by atoms with Crippen LogP contribution in [0.4, 0.5) is 18.0 Å². The summed E-state index contributed by atoms with van der Waals surface area (Å²) in [5, 5.41) is 5.61. The number of amides is 3. The Morgan fingerprint density at radius 1 is 1.32 bits per heavy atom. The van der Waals surface area contributed by atoms with Crippen molar-refractivity contribution in [3.05, 3.63) is 29.8 Å². The van der Waals surface area contributed by atoms with E-state index < -0.39 is 12.8 Å². The minimum absolute atomic E-state index is 0.0218. The SMILES string of the molecule is CC(C)NC(=O)N1CCC[C@@H](C(=O)NCc2cccc(OCC(F)(F)F)c2)C1. The number of carbonyl (C=O) groups excluding carboxylic acids is 2. The van der Waals surface area contributed by atoms with Crippen LogP contribution in [0, 0.1) is 5.92 Å². The van der Waals surface area contributed by atoms with Crippen LogP contribution in [0.1, 0.15) is 32.3 Å². The molecular weight excluding hydrogens is 375 g/mol. The quantitative estimate of drug-likeness (QED) is 0.770. The number of hydrogen-bond acceptors (Lipinski definition) is 3. The highest BCUT2D eigenvalue weighted by Crippen LogP contribution is 2.20. The van der Waals surface area contributed by atoms with Gasteiger partial charge in [0.2, 0.25) is 5.91 Å². The standard InChI is InChI=1S/C19H26F3N3O3/c1-13(2)24-18(27)25-8-4-6-15(11-25)17(26)23-10-14-5-3-7-16(9-14)28-12-19(20,21)22/h3,5,7,9,13,15H,4,6,8,10-12H2,1-2H3,(H,23,26)(H,24,27)/t15-/m1/s1. The number of piperidine rings is 1. The molecule has 1 saturated heterocycles.